The molecular weight excluding hydrogens is 473 g/mol. The molecule has 1 aliphatic rings. The second kappa shape index (κ2) is 9.96. The maximum Gasteiger partial charge on any atom is 0.331 e. The molecule has 0 saturated carbocycles. The van der Waals surface area contributed by atoms with Crippen molar-refractivity contribution in [1.82, 2.24) is 14.0 Å². The number of hydrogen-bond donors (Lipinski definition) is 0. The molecule has 1 saturated heterocycles. The Kier molecular flexibility index (Phi) is 7.06. The summed E-state index contributed by atoms with van der Waals surface area (Å²) in [5, 5.41) is 0. The van der Waals surface area contributed by atoms with Gasteiger partial charge in [-0.05, 0) is 67.6 Å². The number of hydrogen-bond acceptors (Lipinski definition) is 3. The molecule has 0 spiro atoms. The summed E-state index contributed by atoms with van der Waals surface area (Å²) < 4.78 is 17.4. The van der Waals surface area contributed by atoms with Crippen molar-refractivity contribution in [3.63, 3.8) is 0 Å². The third-order valence-corrected chi connectivity index (χ3v) is 7.07. The fraction of sp³-hybridized carbons (Fsp3) is 0.360. The lowest BCUT2D eigenvalue weighted by Gasteiger charge is -2.32. The molecule has 2 heterocycles. The topological polar surface area (TPSA) is 47.2 Å². The van der Waals surface area contributed by atoms with Crippen molar-refractivity contribution < 1.29 is 4.39 Å². The van der Waals surface area contributed by atoms with Crippen LogP contribution in [-0.4, -0.2) is 27.1 Å². The molecule has 0 atom stereocenters. The van der Waals surface area contributed by atoms with Gasteiger partial charge in [-0.25, -0.2) is 9.18 Å². The molecule has 5 nitrogen and oxygen atoms in total. The van der Waals surface area contributed by atoms with Crippen LogP contribution in [0.2, 0.25) is 0 Å². The molecule has 168 valence electrons. The van der Waals surface area contributed by atoms with E-state index in [9.17, 15) is 14.0 Å². The Morgan fingerprint density at radius 3 is 2.44 bits per heavy atom. The van der Waals surface area contributed by atoms with Gasteiger partial charge in [0.25, 0.3) is 5.56 Å². The van der Waals surface area contributed by atoms with Gasteiger partial charge in [0.1, 0.15) is 5.82 Å². The fourth-order valence-electron chi connectivity index (χ4n) is 4.37. The Labute approximate surface area is 195 Å². The summed E-state index contributed by atoms with van der Waals surface area (Å²) >= 11 is 3.52. The van der Waals surface area contributed by atoms with E-state index in [1.807, 2.05) is 30.3 Å². The van der Waals surface area contributed by atoms with Crippen LogP contribution in [0.15, 0.2) is 68.7 Å². The molecule has 3 aromatic rings. The summed E-state index contributed by atoms with van der Waals surface area (Å²) in [4.78, 5) is 27.8. The van der Waals surface area contributed by atoms with Gasteiger partial charge >= 0.3 is 5.69 Å². The smallest absolute Gasteiger partial charge is 0.299 e. The Morgan fingerprint density at radius 1 is 1.00 bits per heavy atom. The number of halogens is 2. The van der Waals surface area contributed by atoms with Crippen LogP contribution in [-0.2, 0) is 26.6 Å². The Bertz CT molecular complexity index is 1200. The number of nitrogens with zero attached hydrogens (tertiary/aromatic N) is 3. The maximum absolute atomic E-state index is 13.6. The zero-order chi connectivity index (χ0) is 22.7. The van der Waals surface area contributed by atoms with Crippen LogP contribution in [0.3, 0.4) is 0 Å². The first-order chi connectivity index (χ1) is 15.4. The van der Waals surface area contributed by atoms with Crippen molar-refractivity contribution in [1.29, 1.82) is 0 Å². The normalized spacial score (nSPS) is 15.2. The largest absolute Gasteiger partial charge is 0.331 e. The van der Waals surface area contributed by atoms with Crippen molar-refractivity contribution >= 4 is 15.9 Å². The van der Waals surface area contributed by atoms with Gasteiger partial charge in [0, 0.05) is 29.8 Å². The highest BCUT2D eigenvalue weighted by atomic mass is 79.9. The molecule has 0 aliphatic carbocycles. The molecule has 32 heavy (non-hydrogen) atoms. The summed E-state index contributed by atoms with van der Waals surface area (Å²) in [5.41, 5.74) is 2.11. The monoisotopic (exact) mass is 499 g/mol. The average molecular weight is 500 g/mol. The molecule has 2 aromatic carbocycles. The van der Waals surface area contributed by atoms with Crippen molar-refractivity contribution in [2.45, 2.75) is 32.4 Å². The molecule has 0 N–H and O–H groups in total. The van der Waals surface area contributed by atoms with Crippen LogP contribution in [0.1, 0.15) is 29.7 Å². The van der Waals surface area contributed by atoms with E-state index in [2.05, 4.69) is 20.8 Å². The van der Waals surface area contributed by atoms with E-state index < -0.39 is 0 Å². The van der Waals surface area contributed by atoms with Crippen molar-refractivity contribution in [2.75, 3.05) is 13.1 Å². The molecule has 4 rings (SSSR count). The molecule has 1 aromatic heterocycles. The second-order valence-electron chi connectivity index (χ2n) is 8.55. The van der Waals surface area contributed by atoms with Crippen molar-refractivity contribution in [2.24, 2.45) is 13.0 Å². The maximum atomic E-state index is 13.6. The minimum absolute atomic E-state index is 0.205. The van der Waals surface area contributed by atoms with E-state index in [-0.39, 0.29) is 23.6 Å². The van der Waals surface area contributed by atoms with Crippen LogP contribution in [0.4, 0.5) is 4.39 Å². The molecule has 0 radical (unpaired) electrons. The third kappa shape index (κ3) is 5.27. The first-order valence-corrected chi connectivity index (χ1v) is 11.7. The van der Waals surface area contributed by atoms with Crippen LogP contribution in [0, 0.1) is 11.7 Å². The van der Waals surface area contributed by atoms with Crippen LogP contribution in [0.25, 0.3) is 0 Å². The van der Waals surface area contributed by atoms with Gasteiger partial charge in [-0.2, -0.15) is 0 Å². The number of rotatable bonds is 6. The lowest BCUT2D eigenvalue weighted by atomic mass is 9.90. The lowest BCUT2D eigenvalue weighted by molar-refractivity contribution is 0.173. The Balaban J connectivity index is 1.40. The molecule has 1 aliphatic heterocycles. The molecule has 7 heteroatoms. The number of aromatic nitrogens is 2. The predicted octanol–water partition coefficient (Wildman–Crippen LogP) is 3.95. The minimum Gasteiger partial charge on any atom is -0.299 e. The average Bonchev–Trinajstić information content (AvgIpc) is 2.79. The summed E-state index contributed by atoms with van der Waals surface area (Å²) in [6.45, 7) is 2.62. The molecule has 0 unspecified atom stereocenters. The SMILES string of the molecule is Cn1c(CN2CCC(Cc3cc(F)ccc3Br)CC2)cc(=O)n(Cc2ccccc2)c1=O. The summed E-state index contributed by atoms with van der Waals surface area (Å²) in [6.07, 6.45) is 2.85. The number of piperidine rings is 1. The molecular formula is C25H27BrFN3O2. The summed E-state index contributed by atoms with van der Waals surface area (Å²) in [6, 6.07) is 15.9. The van der Waals surface area contributed by atoms with Gasteiger partial charge in [0.05, 0.1) is 6.54 Å². The van der Waals surface area contributed by atoms with Crippen LogP contribution in [0.5, 0.6) is 0 Å². The van der Waals surface area contributed by atoms with Gasteiger partial charge < -0.3 is 0 Å². The molecule has 0 bridgehead atoms. The fourth-order valence-corrected chi connectivity index (χ4v) is 4.78. The van der Waals surface area contributed by atoms with E-state index in [4.69, 9.17) is 0 Å². The highest BCUT2D eigenvalue weighted by molar-refractivity contribution is 9.10. The third-order valence-electron chi connectivity index (χ3n) is 6.30. The zero-order valence-electron chi connectivity index (χ0n) is 18.1. The van der Waals surface area contributed by atoms with Gasteiger partial charge in [-0.1, -0.05) is 46.3 Å². The lowest BCUT2D eigenvalue weighted by Crippen LogP contribution is -2.42. The van der Waals surface area contributed by atoms with Gasteiger partial charge in [-0.15, -0.1) is 0 Å². The standard InChI is InChI=1S/C25H27BrFN3O2/c1-28-22(15-24(31)30(25(28)32)16-19-5-3-2-4-6-19)17-29-11-9-18(10-12-29)13-20-14-21(27)7-8-23(20)26/h2-8,14-15,18H,9-13,16-17H2,1H3. The number of likely N-dealkylation sites (tertiary alicyclic amines) is 1. The van der Waals surface area contributed by atoms with Crippen LogP contribution >= 0.6 is 15.9 Å². The quantitative estimate of drug-likeness (QED) is 0.515. The van der Waals surface area contributed by atoms with Crippen LogP contribution < -0.4 is 11.2 Å². The summed E-state index contributed by atoms with van der Waals surface area (Å²) in [5.74, 6) is 0.288. The summed E-state index contributed by atoms with van der Waals surface area (Å²) in [7, 11) is 1.73. The Hall–Kier alpha value is -2.51. The first-order valence-electron chi connectivity index (χ1n) is 10.9. The Morgan fingerprint density at radius 2 is 1.72 bits per heavy atom. The highest BCUT2D eigenvalue weighted by Gasteiger charge is 2.22. The van der Waals surface area contributed by atoms with Gasteiger partial charge in [0.2, 0.25) is 0 Å². The highest BCUT2D eigenvalue weighted by Crippen LogP contribution is 2.27. The van der Waals surface area contributed by atoms with Gasteiger partial charge in [0.15, 0.2) is 0 Å². The van der Waals surface area contributed by atoms with E-state index in [1.165, 1.54) is 10.6 Å². The van der Waals surface area contributed by atoms with E-state index in [0.29, 0.717) is 12.5 Å². The number of benzene rings is 2. The molecule has 1 fully saturated rings. The van der Waals surface area contributed by atoms with Crippen molar-refractivity contribution in [3.8, 4) is 0 Å². The second-order valence-corrected chi connectivity index (χ2v) is 9.40. The predicted molar refractivity (Wildman–Crippen MR) is 127 cm³/mol. The van der Waals surface area contributed by atoms with Gasteiger partial charge in [-0.3, -0.25) is 18.8 Å². The van der Waals surface area contributed by atoms with E-state index in [1.54, 1.807) is 29.8 Å². The van der Waals surface area contributed by atoms with E-state index in [0.717, 1.165) is 53.6 Å². The first kappa shape index (κ1) is 22.7. The van der Waals surface area contributed by atoms with Crippen molar-refractivity contribution in [3.05, 3.63) is 103 Å². The van der Waals surface area contributed by atoms with E-state index >= 15 is 0 Å². The zero-order valence-corrected chi connectivity index (χ0v) is 19.7. The minimum atomic E-state index is -0.290. The molecule has 0 amide bonds.